The molecule has 4 nitrogen and oxygen atoms in total. The highest BCUT2D eigenvalue weighted by Gasteiger charge is 2.22. The molecule has 0 bridgehead atoms. The Morgan fingerprint density at radius 1 is 1.00 bits per heavy atom. The van der Waals surface area contributed by atoms with Crippen molar-refractivity contribution in [1.82, 2.24) is 4.72 Å². The Kier molecular flexibility index (Phi) is 5.02. The van der Waals surface area contributed by atoms with Gasteiger partial charge in [-0.3, -0.25) is 4.79 Å². The quantitative estimate of drug-likeness (QED) is 0.856. The lowest BCUT2D eigenvalue weighted by Crippen LogP contribution is -2.40. The van der Waals surface area contributed by atoms with Crippen molar-refractivity contribution >= 4 is 15.8 Å². The monoisotopic (exact) mass is 331 g/mol. The van der Waals surface area contributed by atoms with Crippen molar-refractivity contribution in [2.24, 2.45) is 0 Å². The summed E-state index contributed by atoms with van der Waals surface area (Å²) < 4.78 is 27.3. The molecule has 0 fully saturated rings. The minimum absolute atomic E-state index is 0.0380. The number of benzene rings is 2. The maximum Gasteiger partial charge on any atom is 0.241 e. The lowest BCUT2D eigenvalue weighted by Gasteiger charge is -2.20. The first-order chi connectivity index (χ1) is 10.7. The average Bonchev–Trinajstić information content (AvgIpc) is 2.46. The van der Waals surface area contributed by atoms with Gasteiger partial charge in [0.15, 0.2) is 5.78 Å². The zero-order valence-electron chi connectivity index (χ0n) is 13.5. The van der Waals surface area contributed by atoms with Crippen molar-refractivity contribution in [3.63, 3.8) is 0 Å². The molecule has 0 saturated carbocycles. The van der Waals surface area contributed by atoms with Crippen LogP contribution in [0.2, 0.25) is 0 Å². The highest BCUT2D eigenvalue weighted by Crippen LogP contribution is 2.16. The van der Waals surface area contributed by atoms with Crippen molar-refractivity contribution in [2.45, 2.75) is 37.6 Å². The van der Waals surface area contributed by atoms with Crippen LogP contribution in [-0.2, 0) is 16.4 Å². The Bertz CT molecular complexity index is 791. The normalized spacial score (nSPS) is 12.1. The van der Waals surface area contributed by atoms with E-state index in [-0.39, 0.29) is 17.1 Å². The maximum atomic E-state index is 12.4. The molecule has 0 saturated heterocycles. The number of carbonyl (C=O) groups excluding carboxylic acids is 1. The molecule has 23 heavy (non-hydrogen) atoms. The van der Waals surface area contributed by atoms with Gasteiger partial charge in [0.25, 0.3) is 0 Å². The molecule has 0 radical (unpaired) electrons. The van der Waals surface area contributed by atoms with Crippen molar-refractivity contribution in [1.29, 1.82) is 0 Å². The van der Waals surface area contributed by atoms with Crippen LogP contribution in [0.25, 0.3) is 0 Å². The predicted molar refractivity (Wildman–Crippen MR) is 91.0 cm³/mol. The van der Waals surface area contributed by atoms with Gasteiger partial charge in [0.1, 0.15) is 0 Å². The highest BCUT2D eigenvalue weighted by atomic mass is 32.2. The van der Waals surface area contributed by atoms with Crippen LogP contribution in [0.3, 0.4) is 0 Å². The number of nitrogens with one attached hydrogen (secondary N) is 1. The van der Waals surface area contributed by atoms with Crippen LogP contribution in [0.5, 0.6) is 0 Å². The molecular weight excluding hydrogens is 310 g/mol. The van der Waals surface area contributed by atoms with E-state index in [0.29, 0.717) is 11.1 Å². The van der Waals surface area contributed by atoms with Crippen LogP contribution in [0, 0.1) is 0 Å². The first-order valence-corrected chi connectivity index (χ1v) is 8.87. The third-order valence-electron chi connectivity index (χ3n) is 3.11. The van der Waals surface area contributed by atoms with Gasteiger partial charge in [-0.25, -0.2) is 13.1 Å². The molecule has 0 aromatic heterocycles. The summed E-state index contributed by atoms with van der Waals surface area (Å²) in [5, 5.41) is 0. The van der Waals surface area contributed by atoms with Gasteiger partial charge in [-0.1, -0.05) is 42.5 Å². The van der Waals surface area contributed by atoms with Gasteiger partial charge >= 0.3 is 0 Å². The molecule has 5 heteroatoms. The van der Waals surface area contributed by atoms with Gasteiger partial charge in [-0.15, -0.1) is 0 Å². The minimum Gasteiger partial charge on any atom is -0.294 e. The zero-order chi connectivity index (χ0) is 17.1. The molecule has 0 spiro atoms. The molecule has 0 aliphatic heterocycles. The maximum absolute atomic E-state index is 12.4. The number of rotatable bonds is 5. The van der Waals surface area contributed by atoms with Crippen molar-refractivity contribution in [3.05, 3.63) is 65.7 Å². The van der Waals surface area contributed by atoms with E-state index in [2.05, 4.69) is 4.72 Å². The number of carbonyl (C=O) groups is 1. The molecule has 0 heterocycles. The molecular formula is C18H21NO3S. The Morgan fingerprint density at radius 3 is 2.26 bits per heavy atom. The molecule has 0 aliphatic rings. The van der Waals surface area contributed by atoms with E-state index in [1.54, 1.807) is 63.2 Å². The standard InChI is InChI=1S/C18H21NO3S/c1-18(2,3)19-23(21,22)16-11-7-8-14(12-16)13-17(20)15-9-5-4-6-10-15/h4-12,19H,13H2,1-3H3. The first-order valence-electron chi connectivity index (χ1n) is 7.38. The Hall–Kier alpha value is -1.98. The first kappa shape index (κ1) is 17.4. The lowest BCUT2D eigenvalue weighted by atomic mass is 10.0. The summed E-state index contributed by atoms with van der Waals surface area (Å²) in [6, 6.07) is 15.5. The van der Waals surface area contributed by atoms with Gasteiger partial charge in [0.05, 0.1) is 4.90 Å². The summed E-state index contributed by atoms with van der Waals surface area (Å²) in [4.78, 5) is 12.4. The molecule has 2 aromatic rings. The summed E-state index contributed by atoms with van der Waals surface area (Å²) >= 11 is 0. The fraction of sp³-hybridized carbons (Fsp3) is 0.278. The SMILES string of the molecule is CC(C)(C)NS(=O)(=O)c1cccc(CC(=O)c2ccccc2)c1. The molecule has 0 atom stereocenters. The molecule has 122 valence electrons. The summed E-state index contributed by atoms with van der Waals surface area (Å²) in [5.41, 5.74) is 0.735. The molecule has 0 amide bonds. The summed E-state index contributed by atoms with van der Waals surface area (Å²) in [5.74, 6) is -0.0380. The van der Waals surface area contributed by atoms with Gasteiger partial charge in [0, 0.05) is 17.5 Å². The smallest absolute Gasteiger partial charge is 0.241 e. The fourth-order valence-electron chi connectivity index (χ4n) is 2.20. The van der Waals surface area contributed by atoms with Gasteiger partial charge in [-0.2, -0.15) is 0 Å². The largest absolute Gasteiger partial charge is 0.294 e. The average molecular weight is 331 g/mol. The molecule has 2 rings (SSSR count). The summed E-state index contributed by atoms with van der Waals surface area (Å²) in [6.45, 7) is 5.36. The molecule has 2 aromatic carbocycles. The van der Waals surface area contributed by atoms with E-state index < -0.39 is 15.6 Å². The van der Waals surface area contributed by atoms with Crippen LogP contribution in [0.4, 0.5) is 0 Å². The van der Waals surface area contributed by atoms with Crippen LogP contribution in [0.15, 0.2) is 59.5 Å². The highest BCUT2D eigenvalue weighted by molar-refractivity contribution is 7.89. The number of hydrogen-bond donors (Lipinski definition) is 1. The topological polar surface area (TPSA) is 63.2 Å². The van der Waals surface area contributed by atoms with Crippen LogP contribution >= 0.6 is 0 Å². The van der Waals surface area contributed by atoms with E-state index in [1.807, 2.05) is 6.07 Å². The van der Waals surface area contributed by atoms with Gasteiger partial charge < -0.3 is 0 Å². The number of Topliss-reactive ketones (excluding diaryl/α,β-unsaturated/α-hetero) is 1. The molecule has 0 unspecified atom stereocenters. The van der Waals surface area contributed by atoms with E-state index >= 15 is 0 Å². The number of hydrogen-bond acceptors (Lipinski definition) is 3. The third kappa shape index (κ3) is 5.01. The van der Waals surface area contributed by atoms with E-state index in [0.717, 1.165) is 0 Å². The van der Waals surface area contributed by atoms with Crippen LogP contribution in [0.1, 0.15) is 36.7 Å². The minimum atomic E-state index is -3.60. The Balaban J connectivity index is 2.22. The van der Waals surface area contributed by atoms with Crippen LogP contribution < -0.4 is 4.72 Å². The van der Waals surface area contributed by atoms with E-state index in [4.69, 9.17) is 0 Å². The zero-order valence-corrected chi connectivity index (χ0v) is 14.4. The second-order valence-electron chi connectivity index (χ2n) is 6.47. The summed E-state index contributed by atoms with van der Waals surface area (Å²) in [7, 11) is -3.60. The number of sulfonamides is 1. The second kappa shape index (κ2) is 6.64. The molecule has 1 N–H and O–H groups in total. The fourth-order valence-corrected chi connectivity index (χ4v) is 3.68. The Labute approximate surface area is 137 Å². The predicted octanol–water partition coefficient (Wildman–Crippen LogP) is 3.19. The van der Waals surface area contributed by atoms with Crippen molar-refractivity contribution < 1.29 is 13.2 Å². The van der Waals surface area contributed by atoms with Gasteiger partial charge in [-0.05, 0) is 38.5 Å². The van der Waals surface area contributed by atoms with E-state index in [1.165, 1.54) is 6.07 Å². The Morgan fingerprint density at radius 2 is 1.65 bits per heavy atom. The second-order valence-corrected chi connectivity index (χ2v) is 8.15. The van der Waals surface area contributed by atoms with E-state index in [9.17, 15) is 13.2 Å². The number of ketones is 1. The summed E-state index contributed by atoms with van der Waals surface area (Å²) in [6.07, 6.45) is 0.170. The van der Waals surface area contributed by atoms with Gasteiger partial charge in [0.2, 0.25) is 10.0 Å². The third-order valence-corrected chi connectivity index (χ3v) is 4.87. The van der Waals surface area contributed by atoms with Crippen molar-refractivity contribution in [3.8, 4) is 0 Å². The lowest BCUT2D eigenvalue weighted by molar-refractivity contribution is 0.0993. The molecule has 0 aliphatic carbocycles. The van der Waals surface area contributed by atoms with Crippen LogP contribution in [-0.4, -0.2) is 19.7 Å². The van der Waals surface area contributed by atoms with Crippen molar-refractivity contribution in [2.75, 3.05) is 0 Å².